The largest absolute Gasteiger partial charge is 0.508 e. The van der Waals surface area contributed by atoms with E-state index in [4.69, 9.17) is 15.2 Å². The number of phenolic OH excluding ortho intramolecular Hbond substituents is 1. The molecule has 1 aromatic heterocycles. The first kappa shape index (κ1) is 27.4. The Kier molecular flexibility index (Phi) is 9.21. The van der Waals surface area contributed by atoms with Crippen molar-refractivity contribution in [3.63, 3.8) is 0 Å². The van der Waals surface area contributed by atoms with Crippen molar-refractivity contribution >= 4 is 0 Å². The molecule has 1 aliphatic rings. The van der Waals surface area contributed by atoms with Gasteiger partial charge in [0.05, 0.1) is 5.56 Å². The summed E-state index contributed by atoms with van der Waals surface area (Å²) < 4.78 is 37.7. The maximum atomic E-state index is 11.8. The summed E-state index contributed by atoms with van der Waals surface area (Å²) in [5.41, 5.74) is 1.82. The lowest BCUT2D eigenvalue weighted by Crippen LogP contribution is -2.07. The predicted molar refractivity (Wildman–Crippen MR) is 144 cm³/mol. The van der Waals surface area contributed by atoms with Crippen molar-refractivity contribution in [1.29, 1.82) is 0 Å². The van der Waals surface area contributed by atoms with Crippen LogP contribution in [0.3, 0.4) is 0 Å². The predicted octanol–water partition coefficient (Wildman–Crippen LogP) is 8.28. The van der Waals surface area contributed by atoms with Crippen molar-refractivity contribution in [1.82, 2.24) is 14.8 Å². The Morgan fingerprint density at radius 1 is 0.895 bits per heavy atom. The zero-order valence-corrected chi connectivity index (χ0v) is 21.6. The van der Waals surface area contributed by atoms with Gasteiger partial charge in [0.2, 0.25) is 0 Å². The first-order valence-corrected chi connectivity index (χ1v) is 13.2. The molecule has 0 spiro atoms. The number of hydrogen-bond acceptors (Lipinski definition) is 3. The second-order valence-electron chi connectivity index (χ2n) is 9.84. The molecule has 200 valence electrons. The monoisotopic (exact) mass is 521 g/mol. The van der Waals surface area contributed by atoms with Crippen molar-refractivity contribution < 1.29 is 18.3 Å². The quantitative estimate of drug-likeness (QED) is 0.241. The number of phenols is 1. The number of halogens is 3. The number of alkyl halides is 3. The normalized spacial score (nSPS) is 14.0. The van der Waals surface area contributed by atoms with Gasteiger partial charge in [-0.25, -0.2) is 9.67 Å². The number of aryl methyl sites for hydroxylation is 1. The number of rotatable bonds is 9. The molecule has 38 heavy (non-hydrogen) atoms. The van der Waals surface area contributed by atoms with Gasteiger partial charge in [0.1, 0.15) is 5.75 Å². The van der Waals surface area contributed by atoms with Gasteiger partial charge in [0.15, 0.2) is 11.6 Å². The van der Waals surface area contributed by atoms with Gasteiger partial charge >= 0.3 is 6.18 Å². The maximum Gasteiger partial charge on any atom is 0.416 e. The molecule has 0 aliphatic heterocycles. The van der Waals surface area contributed by atoms with Crippen LogP contribution in [0.25, 0.3) is 11.4 Å². The summed E-state index contributed by atoms with van der Waals surface area (Å²) in [6.45, 7) is 3.27. The smallest absolute Gasteiger partial charge is 0.416 e. The van der Waals surface area contributed by atoms with Crippen LogP contribution in [0.5, 0.6) is 5.75 Å². The van der Waals surface area contributed by atoms with Crippen LogP contribution < -0.4 is 0 Å². The van der Waals surface area contributed by atoms with Gasteiger partial charge in [-0.05, 0) is 67.9 Å². The fraction of sp³-hybridized carbons (Fsp3) is 0.355. The highest BCUT2D eigenvalue weighted by molar-refractivity contribution is 5.55. The maximum absolute atomic E-state index is 11.8. The molecule has 0 saturated heterocycles. The molecule has 1 unspecified atom stereocenters. The van der Waals surface area contributed by atoms with Gasteiger partial charge in [0.25, 0.3) is 0 Å². The van der Waals surface area contributed by atoms with Crippen LogP contribution in [0.2, 0.25) is 0 Å². The van der Waals surface area contributed by atoms with Crippen LogP contribution in [-0.4, -0.2) is 19.9 Å². The molecule has 1 aliphatic carbocycles. The molecular formula is C31H34F3N3O. The van der Waals surface area contributed by atoms with Gasteiger partial charge in [-0.1, -0.05) is 74.0 Å². The second-order valence-corrected chi connectivity index (χ2v) is 9.84. The number of benzene rings is 3. The molecule has 5 rings (SSSR count). The Morgan fingerprint density at radius 3 is 2.11 bits per heavy atom. The van der Waals surface area contributed by atoms with Crippen molar-refractivity contribution in [2.75, 3.05) is 0 Å². The summed E-state index contributed by atoms with van der Waals surface area (Å²) in [7, 11) is 0. The topological polar surface area (TPSA) is 50.9 Å². The van der Waals surface area contributed by atoms with Gasteiger partial charge < -0.3 is 5.11 Å². The second kappa shape index (κ2) is 12.8. The molecule has 4 aromatic rings. The molecular weight excluding hydrogens is 487 g/mol. The highest BCUT2D eigenvalue weighted by atomic mass is 19.4. The van der Waals surface area contributed by atoms with Crippen LogP contribution in [0.15, 0.2) is 84.9 Å². The molecule has 0 bridgehead atoms. The lowest BCUT2D eigenvalue weighted by Gasteiger charge is -2.12. The average molecular weight is 522 g/mol. The third-order valence-corrected chi connectivity index (χ3v) is 6.67. The van der Waals surface area contributed by atoms with E-state index in [9.17, 15) is 13.2 Å². The molecule has 3 aromatic carbocycles. The fourth-order valence-electron chi connectivity index (χ4n) is 4.39. The van der Waals surface area contributed by atoms with E-state index in [0.717, 1.165) is 74.1 Å². The van der Waals surface area contributed by atoms with Crippen LogP contribution in [0.4, 0.5) is 13.2 Å². The highest BCUT2D eigenvalue weighted by Crippen LogP contribution is 2.33. The van der Waals surface area contributed by atoms with Crippen molar-refractivity contribution in [3.8, 4) is 17.1 Å². The summed E-state index contributed by atoms with van der Waals surface area (Å²) in [5, 5.41) is 13.7. The van der Waals surface area contributed by atoms with Gasteiger partial charge in [0, 0.05) is 18.0 Å². The third kappa shape index (κ3) is 7.94. The van der Waals surface area contributed by atoms with Gasteiger partial charge in [-0.15, -0.1) is 0 Å². The Hall–Kier alpha value is -3.61. The molecule has 4 nitrogen and oxygen atoms in total. The fourth-order valence-corrected chi connectivity index (χ4v) is 4.39. The van der Waals surface area contributed by atoms with E-state index in [-0.39, 0.29) is 5.75 Å². The lowest BCUT2D eigenvalue weighted by molar-refractivity contribution is -0.137. The van der Waals surface area contributed by atoms with Crippen LogP contribution >= 0.6 is 0 Å². The van der Waals surface area contributed by atoms with E-state index < -0.39 is 11.7 Å². The number of aromatic nitrogens is 3. The van der Waals surface area contributed by atoms with Crippen molar-refractivity contribution in [3.05, 3.63) is 102 Å². The minimum atomic E-state index is -4.33. The van der Waals surface area contributed by atoms with Gasteiger partial charge in [-0.2, -0.15) is 18.3 Å². The molecule has 1 saturated carbocycles. The van der Waals surface area contributed by atoms with Crippen LogP contribution in [-0.2, 0) is 19.1 Å². The Bertz CT molecular complexity index is 1250. The number of nitrogens with zero attached hydrogens (tertiary/aromatic N) is 3. The standard InChI is InChI=1S/C24H29N3.C7H5F3O/c1-2-9-21(17-16-19-10-5-3-6-11-19)23-25-24(22-12-7-4-8-13-22)27(26-23)18-20-14-15-20;8-7(9,10)5-1-3-6(11)4-2-5/h3-8,10-13,20-21H,2,9,14-18H2,1H3;1-4,11H. The van der Waals surface area contributed by atoms with Crippen molar-refractivity contribution in [2.24, 2.45) is 5.92 Å². The molecule has 0 amide bonds. The zero-order chi connectivity index (χ0) is 27.0. The van der Waals surface area contributed by atoms with E-state index in [1.807, 2.05) is 0 Å². The first-order valence-electron chi connectivity index (χ1n) is 13.2. The lowest BCUT2D eigenvalue weighted by atomic mass is 9.95. The highest BCUT2D eigenvalue weighted by Gasteiger charge is 2.30. The Balaban J connectivity index is 0.000000257. The van der Waals surface area contributed by atoms with Crippen LogP contribution in [0, 0.1) is 5.92 Å². The average Bonchev–Trinajstić information content (AvgIpc) is 3.64. The Morgan fingerprint density at radius 2 is 1.53 bits per heavy atom. The summed E-state index contributed by atoms with van der Waals surface area (Å²) in [6.07, 6.45) is 2.84. The Labute approximate surface area is 222 Å². The minimum Gasteiger partial charge on any atom is -0.508 e. The van der Waals surface area contributed by atoms with Crippen molar-refractivity contribution in [2.45, 2.75) is 64.1 Å². The van der Waals surface area contributed by atoms with Crippen LogP contribution in [0.1, 0.15) is 61.9 Å². The SMILES string of the molecule is CCCC(CCc1ccccc1)c1nc(-c2ccccc2)n(CC2CC2)n1.Oc1ccc(C(F)(F)F)cc1. The molecule has 0 radical (unpaired) electrons. The van der Waals surface area contributed by atoms with E-state index >= 15 is 0 Å². The van der Waals surface area contributed by atoms with E-state index in [1.165, 1.54) is 24.0 Å². The van der Waals surface area contributed by atoms with E-state index in [0.29, 0.717) is 5.92 Å². The van der Waals surface area contributed by atoms with E-state index in [1.54, 1.807) is 0 Å². The third-order valence-electron chi connectivity index (χ3n) is 6.67. The molecule has 7 heteroatoms. The van der Waals surface area contributed by atoms with E-state index in [2.05, 4.69) is 72.3 Å². The van der Waals surface area contributed by atoms with Gasteiger partial charge in [-0.3, -0.25) is 0 Å². The first-order chi connectivity index (χ1) is 18.3. The summed E-state index contributed by atoms with van der Waals surface area (Å²) in [4.78, 5) is 5.04. The molecule has 1 heterocycles. The zero-order valence-electron chi connectivity index (χ0n) is 21.6. The minimum absolute atomic E-state index is 0.169. The molecule has 1 N–H and O–H groups in total. The summed E-state index contributed by atoms with van der Waals surface area (Å²) in [5.74, 6) is 3.12. The summed E-state index contributed by atoms with van der Waals surface area (Å²) in [6, 6.07) is 25.0. The summed E-state index contributed by atoms with van der Waals surface area (Å²) >= 11 is 0. The number of hydrogen-bond donors (Lipinski definition) is 1. The molecule has 1 fully saturated rings. The molecule has 1 atom stereocenters. The number of aromatic hydroxyl groups is 1.